The Hall–Kier alpha value is -0.873. The molecule has 2 nitrogen and oxygen atoms in total. The molecule has 0 saturated carbocycles. The van der Waals surface area contributed by atoms with Crippen molar-refractivity contribution in [3.05, 3.63) is 29.8 Å². The number of thiocarbonyl (C=S) groups is 1. The number of para-hydroxylation sites is 1. The van der Waals surface area contributed by atoms with Crippen molar-refractivity contribution in [2.24, 2.45) is 0 Å². The number of hydrogen-bond acceptors (Lipinski definition) is 3. The Balaban J connectivity index is 2.36. The van der Waals surface area contributed by atoms with Gasteiger partial charge in [-0.15, -0.1) is 0 Å². The molecule has 0 unspecified atom stereocenters. The molecule has 0 radical (unpaired) electrons. The fourth-order valence-electron chi connectivity index (χ4n) is 2.64. The third-order valence-electron chi connectivity index (χ3n) is 3.59. The summed E-state index contributed by atoms with van der Waals surface area (Å²) in [7, 11) is -1.29. The molecule has 2 rings (SSSR count). The Morgan fingerprint density at radius 3 is 2.72 bits per heavy atom. The van der Waals surface area contributed by atoms with Crippen molar-refractivity contribution >= 4 is 31.2 Å². The lowest BCUT2D eigenvalue weighted by Crippen LogP contribution is -2.43. The second kappa shape index (κ2) is 5.41. The number of ether oxygens (including phenoxy) is 1. The summed E-state index contributed by atoms with van der Waals surface area (Å²) in [5, 5.41) is 0.629. The van der Waals surface area contributed by atoms with E-state index in [0.29, 0.717) is 11.7 Å². The summed E-state index contributed by atoms with van der Waals surface area (Å²) in [6.45, 7) is 8.63. The Morgan fingerprint density at radius 2 is 2.11 bits per heavy atom. The van der Waals surface area contributed by atoms with E-state index in [1.807, 2.05) is 13.0 Å². The first kappa shape index (κ1) is 13.6. The third kappa shape index (κ3) is 2.59. The average molecular weight is 279 g/mol. The van der Waals surface area contributed by atoms with Crippen LogP contribution in [0.1, 0.15) is 18.9 Å². The molecular formula is C14H21NOSSi. The molecule has 18 heavy (non-hydrogen) atoms. The summed E-state index contributed by atoms with van der Waals surface area (Å²) in [5.74, 6) is 0. The van der Waals surface area contributed by atoms with Gasteiger partial charge in [0.05, 0.1) is 12.2 Å². The smallest absolute Gasteiger partial charge is 0.193 e. The van der Waals surface area contributed by atoms with Crippen LogP contribution in [0.25, 0.3) is 0 Å². The molecule has 0 spiro atoms. The molecule has 1 heterocycles. The lowest BCUT2D eigenvalue weighted by molar-refractivity contribution is 0.337. The summed E-state index contributed by atoms with van der Waals surface area (Å²) in [6, 6.07) is 9.75. The average Bonchev–Trinajstić information content (AvgIpc) is 2.69. The predicted octanol–water partition coefficient (Wildman–Crippen LogP) is 3.81. The topological polar surface area (TPSA) is 12.5 Å². The zero-order valence-corrected chi connectivity index (χ0v) is 13.2. The molecule has 1 aliphatic heterocycles. The van der Waals surface area contributed by atoms with Gasteiger partial charge in [-0.3, -0.25) is 0 Å². The van der Waals surface area contributed by atoms with E-state index in [1.165, 1.54) is 18.2 Å². The monoisotopic (exact) mass is 279 g/mol. The van der Waals surface area contributed by atoms with Crippen molar-refractivity contribution in [2.45, 2.75) is 32.5 Å². The van der Waals surface area contributed by atoms with Gasteiger partial charge in [-0.05, 0) is 43.7 Å². The molecule has 1 aromatic carbocycles. The summed E-state index contributed by atoms with van der Waals surface area (Å²) >= 11 is 5.38. The van der Waals surface area contributed by atoms with Gasteiger partial charge in [0.25, 0.3) is 0 Å². The summed E-state index contributed by atoms with van der Waals surface area (Å²) in [5.41, 5.74) is 2.35. The van der Waals surface area contributed by atoms with E-state index >= 15 is 0 Å². The predicted molar refractivity (Wildman–Crippen MR) is 84.0 cm³/mol. The molecule has 98 valence electrons. The van der Waals surface area contributed by atoms with Crippen molar-refractivity contribution in [1.29, 1.82) is 0 Å². The van der Waals surface area contributed by atoms with Gasteiger partial charge in [0.1, 0.15) is 0 Å². The van der Waals surface area contributed by atoms with Crippen LogP contribution >= 0.6 is 12.2 Å². The molecule has 1 fully saturated rings. The van der Waals surface area contributed by atoms with Crippen LogP contribution in [-0.2, 0) is 4.74 Å². The van der Waals surface area contributed by atoms with Crippen LogP contribution in [-0.4, -0.2) is 26.4 Å². The van der Waals surface area contributed by atoms with Gasteiger partial charge in [-0.2, -0.15) is 0 Å². The minimum atomic E-state index is -1.29. The highest BCUT2D eigenvalue weighted by molar-refractivity contribution is 7.80. The zero-order chi connectivity index (χ0) is 13.2. The van der Waals surface area contributed by atoms with Crippen LogP contribution in [0.3, 0.4) is 0 Å². The van der Waals surface area contributed by atoms with Crippen molar-refractivity contribution in [2.75, 3.05) is 17.7 Å². The van der Waals surface area contributed by atoms with Gasteiger partial charge >= 0.3 is 0 Å². The molecule has 0 aliphatic carbocycles. The number of rotatable bonds is 3. The standard InChI is InChI=1S/C14H21NOSSi/c1-4-16-14(17)12-8-5-6-9-13(12)15-10-7-11-18(15,2)3/h5-6,8-9H,4,7,10-11H2,1-3H3. The molecule has 0 atom stereocenters. The molecule has 4 heteroatoms. The maximum Gasteiger partial charge on any atom is 0.193 e. The zero-order valence-electron chi connectivity index (χ0n) is 11.4. The van der Waals surface area contributed by atoms with Gasteiger partial charge in [0.2, 0.25) is 0 Å². The molecule has 1 saturated heterocycles. The molecule has 0 amide bonds. The summed E-state index contributed by atoms with van der Waals surface area (Å²) in [4.78, 5) is 0. The van der Waals surface area contributed by atoms with E-state index in [2.05, 4.69) is 35.9 Å². The van der Waals surface area contributed by atoms with Gasteiger partial charge in [-0.25, -0.2) is 0 Å². The molecule has 1 aromatic rings. The lowest BCUT2D eigenvalue weighted by atomic mass is 10.2. The fourth-order valence-corrected chi connectivity index (χ4v) is 5.84. The quantitative estimate of drug-likeness (QED) is 0.616. The minimum absolute atomic E-state index is 0.629. The van der Waals surface area contributed by atoms with E-state index < -0.39 is 8.24 Å². The second-order valence-electron chi connectivity index (χ2n) is 5.31. The summed E-state index contributed by atoms with van der Waals surface area (Å²) in [6.07, 6.45) is 1.30. The van der Waals surface area contributed by atoms with Crippen LogP contribution in [0.15, 0.2) is 24.3 Å². The molecular weight excluding hydrogens is 258 g/mol. The number of anilines is 1. The van der Waals surface area contributed by atoms with Crippen LogP contribution in [0.2, 0.25) is 19.1 Å². The van der Waals surface area contributed by atoms with Crippen LogP contribution < -0.4 is 4.57 Å². The largest absolute Gasteiger partial charge is 0.483 e. The van der Waals surface area contributed by atoms with E-state index in [-0.39, 0.29) is 0 Å². The first-order valence-electron chi connectivity index (χ1n) is 6.60. The second-order valence-corrected chi connectivity index (χ2v) is 10.3. The Kier molecular flexibility index (Phi) is 4.07. The van der Waals surface area contributed by atoms with Crippen LogP contribution in [0.4, 0.5) is 5.69 Å². The Bertz CT molecular complexity index is 447. The fraction of sp³-hybridized carbons (Fsp3) is 0.500. The molecule has 0 bridgehead atoms. The first-order chi connectivity index (χ1) is 8.56. The SMILES string of the molecule is CCOC(=S)c1ccccc1N1CCC[Si]1(C)C. The van der Waals surface area contributed by atoms with E-state index in [0.717, 1.165) is 12.1 Å². The van der Waals surface area contributed by atoms with Gasteiger partial charge < -0.3 is 9.30 Å². The third-order valence-corrected chi connectivity index (χ3v) is 7.43. The number of benzene rings is 1. The van der Waals surface area contributed by atoms with Crippen LogP contribution in [0.5, 0.6) is 0 Å². The van der Waals surface area contributed by atoms with Crippen molar-refractivity contribution in [1.82, 2.24) is 0 Å². The molecule has 0 N–H and O–H groups in total. The first-order valence-corrected chi connectivity index (χ1v) is 10.2. The Labute approximate surface area is 116 Å². The molecule has 0 aromatic heterocycles. The lowest BCUT2D eigenvalue weighted by Gasteiger charge is -2.33. The maximum atomic E-state index is 5.52. The highest BCUT2D eigenvalue weighted by Gasteiger charge is 2.35. The van der Waals surface area contributed by atoms with Gasteiger partial charge in [-0.1, -0.05) is 25.2 Å². The van der Waals surface area contributed by atoms with Gasteiger partial charge in [0.15, 0.2) is 13.3 Å². The highest BCUT2D eigenvalue weighted by atomic mass is 32.1. The maximum absolute atomic E-state index is 5.52. The van der Waals surface area contributed by atoms with Crippen molar-refractivity contribution in [3.8, 4) is 0 Å². The van der Waals surface area contributed by atoms with Crippen LogP contribution in [0, 0.1) is 0 Å². The van der Waals surface area contributed by atoms with E-state index in [9.17, 15) is 0 Å². The molecule has 1 aliphatic rings. The number of nitrogens with zero attached hydrogens (tertiary/aromatic N) is 1. The van der Waals surface area contributed by atoms with Crippen molar-refractivity contribution in [3.63, 3.8) is 0 Å². The Morgan fingerprint density at radius 1 is 1.39 bits per heavy atom. The summed E-state index contributed by atoms with van der Waals surface area (Å²) < 4.78 is 8.11. The normalized spacial score (nSPS) is 17.8. The van der Waals surface area contributed by atoms with E-state index in [1.54, 1.807) is 0 Å². The van der Waals surface area contributed by atoms with Gasteiger partial charge in [0, 0.05) is 12.2 Å². The number of hydrogen-bond donors (Lipinski definition) is 0. The minimum Gasteiger partial charge on any atom is -0.483 e. The van der Waals surface area contributed by atoms with E-state index in [4.69, 9.17) is 17.0 Å². The highest BCUT2D eigenvalue weighted by Crippen LogP contribution is 2.33. The van der Waals surface area contributed by atoms with Crippen molar-refractivity contribution < 1.29 is 4.74 Å².